The van der Waals surface area contributed by atoms with Crippen molar-refractivity contribution in [3.63, 3.8) is 0 Å². The van der Waals surface area contributed by atoms with Gasteiger partial charge in [-0.1, -0.05) is 6.07 Å². The highest BCUT2D eigenvalue weighted by atomic mass is 32.2. The smallest absolute Gasteiger partial charge is 0.312 e. The van der Waals surface area contributed by atoms with E-state index in [4.69, 9.17) is 0 Å². The number of nitrogens with zero attached hydrogens (tertiary/aromatic N) is 3. The zero-order valence-corrected chi connectivity index (χ0v) is 13.9. The SMILES string of the molecule is CCS(=O)(=O)N1C[C@H]2CN(Cc3cccnc3)C[C@@]2(C(=O)O)C1. The van der Waals surface area contributed by atoms with Crippen LogP contribution in [-0.2, 0) is 21.4 Å². The molecule has 0 radical (unpaired) electrons. The highest BCUT2D eigenvalue weighted by Gasteiger charge is 2.59. The second kappa shape index (κ2) is 5.85. The maximum Gasteiger partial charge on any atom is 0.312 e. The van der Waals surface area contributed by atoms with E-state index in [0.717, 1.165) is 5.56 Å². The molecule has 2 atom stereocenters. The van der Waals surface area contributed by atoms with Crippen molar-refractivity contribution in [3.05, 3.63) is 30.1 Å². The normalized spacial score (nSPS) is 28.8. The first-order valence-corrected chi connectivity index (χ1v) is 9.31. The minimum atomic E-state index is -3.35. The van der Waals surface area contributed by atoms with Gasteiger partial charge >= 0.3 is 5.97 Å². The molecule has 126 valence electrons. The predicted octanol–water partition coefficient (Wildman–Crippen LogP) is 0.250. The van der Waals surface area contributed by atoms with E-state index in [1.807, 2.05) is 12.1 Å². The molecule has 2 aliphatic heterocycles. The van der Waals surface area contributed by atoms with Gasteiger partial charge in [-0.25, -0.2) is 12.7 Å². The zero-order valence-electron chi connectivity index (χ0n) is 13.1. The van der Waals surface area contributed by atoms with Gasteiger partial charge in [-0.2, -0.15) is 0 Å². The van der Waals surface area contributed by atoms with Gasteiger partial charge in [0.2, 0.25) is 10.0 Å². The Balaban J connectivity index is 1.78. The van der Waals surface area contributed by atoms with E-state index in [-0.39, 0.29) is 18.2 Å². The molecule has 3 rings (SSSR count). The average Bonchev–Trinajstić information content (AvgIpc) is 3.03. The summed E-state index contributed by atoms with van der Waals surface area (Å²) < 4.78 is 25.5. The number of carbonyl (C=O) groups is 1. The summed E-state index contributed by atoms with van der Waals surface area (Å²) in [7, 11) is -3.35. The van der Waals surface area contributed by atoms with E-state index in [2.05, 4.69) is 9.88 Å². The van der Waals surface area contributed by atoms with Gasteiger partial charge in [0.1, 0.15) is 0 Å². The second-order valence-corrected chi connectivity index (χ2v) is 8.64. The minimum Gasteiger partial charge on any atom is -0.481 e. The number of hydrogen-bond acceptors (Lipinski definition) is 5. The Bertz CT molecular complexity index is 694. The van der Waals surface area contributed by atoms with Crippen LogP contribution in [0.1, 0.15) is 12.5 Å². The molecule has 1 aromatic heterocycles. The van der Waals surface area contributed by atoms with Gasteiger partial charge in [0, 0.05) is 51.0 Å². The van der Waals surface area contributed by atoms with Crippen molar-refractivity contribution in [2.24, 2.45) is 11.3 Å². The fourth-order valence-electron chi connectivity index (χ4n) is 3.69. The highest BCUT2D eigenvalue weighted by molar-refractivity contribution is 7.89. The van der Waals surface area contributed by atoms with E-state index in [9.17, 15) is 18.3 Å². The molecule has 7 nitrogen and oxygen atoms in total. The van der Waals surface area contributed by atoms with Gasteiger partial charge in [0.25, 0.3) is 0 Å². The third-order valence-corrected chi connectivity index (χ3v) is 6.76. The van der Waals surface area contributed by atoms with Crippen LogP contribution in [0.3, 0.4) is 0 Å². The van der Waals surface area contributed by atoms with Crippen LogP contribution in [0.25, 0.3) is 0 Å². The highest BCUT2D eigenvalue weighted by Crippen LogP contribution is 2.44. The van der Waals surface area contributed by atoms with Crippen molar-refractivity contribution < 1.29 is 18.3 Å². The van der Waals surface area contributed by atoms with Gasteiger partial charge in [-0.3, -0.25) is 14.7 Å². The van der Waals surface area contributed by atoms with Crippen LogP contribution < -0.4 is 0 Å². The summed E-state index contributed by atoms with van der Waals surface area (Å²) in [4.78, 5) is 18.1. The lowest BCUT2D eigenvalue weighted by Gasteiger charge is -2.25. The molecule has 0 unspecified atom stereocenters. The van der Waals surface area contributed by atoms with Crippen LogP contribution in [0.4, 0.5) is 0 Å². The molecule has 0 saturated carbocycles. The molecule has 0 aliphatic carbocycles. The lowest BCUT2D eigenvalue weighted by atomic mass is 9.81. The maximum atomic E-state index is 12.1. The third kappa shape index (κ3) is 2.86. The van der Waals surface area contributed by atoms with E-state index in [0.29, 0.717) is 26.2 Å². The summed E-state index contributed by atoms with van der Waals surface area (Å²) in [6, 6.07) is 3.82. The van der Waals surface area contributed by atoms with Gasteiger partial charge in [-0.05, 0) is 18.6 Å². The predicted molar refractivity (Wildman–Crippen MR) is 84.1 cm³/mol. The van der Waals surface area contributed by atoms with Crippen molar-refractivity contribution in [3.8, 4) is 0 Å². The van der Waals surface area contributed by atoms with E-state index in [1.165, 1.54) is 4.31 Å². The van der Waals surface area contributed by atoms with Crippen LogP contribution >= 0.6 is 0 Å². The van der Waals surface area contributed by atoms with E-state index >= 15 is 0 Å². The van der Waals surface area contributed by atoms with Crippen LogP contribution in [0.5, 0.6) is 0 Å². The lowest BCUT2D eigenvalue weighted by Crippen LogP contribution is -2.42. The molecule has 2 saturated heterocycles. The van der Waals surface area contributed by atoms with Crippen LogP contribution in [0.2, 0.25) is 0 Å². The number of likely N-dealkylation sites (tertiary alicyclic amines) is 1. The first-order valence-electron chi connectivity index (χ1n) is 7.70. The summed E-state index contributed by atoms with van der Waals surface area (Å²) in [5.41, 5.74) is 0.0378. The minimum absolute atomic E-state index is 0.00875. The Morgan fingerprint density at radius 1 is 1.43 bits per heavy atom. The van der Waals surface area contributed by atoms with Crippen molar-refractivity contribution in [1.29, 1.82) is 0 Å². The Kier molecular flexibility index (Phi) is 4.16. The average molecular weight is 339 g/mol. The number of fused-ring (bicyclic) bond motifs is 1. The van der Waals surface area contributed by atoms with Crippen LogP contribution in [-0.4, -0.2) is 65.6 Å². The van der Waals surface area contributed by atoms with Crippen LogP contribution in [0, 0.1) is 11.3 Å². The van der Waals surface area contributed by atoms with E-state index in [1.54, 1.807) is 19.3 Å². The number of hydrogen-bond donors (Lipinski definition) is 1. The van der Waals surface area contributed by atoms with Crippen LogP contribution in [0.15, 0.2) is 24.5 Å². The summed E-state index contributed by atoms with van der Waals surface area (Å²) in [6.45, 7) is 3.57. The molecule has 0 aromatic carbocycles. The Labute approximate surface area is 136 Å². The summed E-state index contributed by atoms with van der Waals surface area (Å²) >= 11 is 0. The Morgan fingerprint density at radius 3 is 2.78 bits per heavy atom. The second-order valence-electron chi connectivity index (χ2n) is 6.38. The fraction of sp³-hybridized carbons (Fsp3) is 0.600. The fourth-order valence-corrected chi connectivity index (χ4v) is 4.89. The molecule has 8 heteroatoms. The third-order valence-electron chi connectivity index (χ3n) is 4.96. The monoisotopic (exact) mass is 339 g/mol. The number of sulfonamides is 1. The molecule has 0 bridgehead atoms. The van der Waals surface area contributed by atoms with Gasteiger partial charge in [-0.15, -0.1) is 0 Å². The first-order chi connectivity index (χ1) is 10.9. The number of aliphatic carboxylic acids is 1. The molecule has 2 aliphatic rings. The zero-order chi connectivity index (χ0) is 16.7. The number of rotatable bonds is 5. The first kappa shape index (κ1) is 16.4. The molecule has 0 amide bonds. The summed E-state index contributed by atoms with van der Waals surface area (Å²) in [6.07, 6.45) is 3.48. The van der Waals surface area contributed by atoms with Gasteiger partial charge in [0.15, 0.2) is 0 Å². The van der Waals surface area contributed by atoms with Gasteiger partial charge in [0.05, 0.1) is 11.2 Å². The molecular formula is C15H21N3O4S. The maximum absolute atomic E-state index is 12.1. The van der Waals surface area contributed by atoms with Crippen molar-refractivity contribution in [2.45, 2.75) is 13.5 Å². The Hall–Kier alpha value is -1.51. The topological polar surface area (TPSA) is 90.8 Å². The standard InChI is InChI=1S/C15H21N3O4S/c1-2-23(21,22)18-9-13-8-17(7-12-4-3-5-16-6-12)10-15(13,11-18)14(19)20/h3-6,13H,2,7-11H2,1H3,(H,19,20)/t13-,15-/m1/s1. The number of carboxylic acids is 1. The number of aromatic nitrogens is 1. The quantitative estimate of drug-likeness (QED) is 0.827. The molecule has 2 fully saturated rings. The summed E-state index contributed by atoms with van der Waals surface area (Å²) in [5, 5.41) is 9.75. The lowest BCUT2D eigenvalue weighted by molar-refractivity contribution is -0.148. The number of pyridine rings is 1. The van der Waals surface area contributed by atoms with Gasteiger partial charge < -0.3 is 5.11 Å². The van der Waals surface area contributed by atoms with E-state index < -0.39 is 21.4 Å². The van der Waals surface area contributed by atoms with Crippen molar-refractivity contribution >= 4 is 16.0 Å². The Morgan fingerprint density at radius 2 is 2.22 bits per heavy atom. The molecular weight excluding hydrogens is 318 g/mol. The largest absolute Gasteiger partial charge is 0.481 e. The van der Waals surface area contributed by atoms with Crippen molar-refractivity contribution in [2.75, 3.05) is 31.9 Å². The molecule has 1 N–H and O–H groups in total. The summed E-state index contributed by atoms with van der Waals surface area (Å²) in [5.74, 6) is -1.06. The molecule has 3 heterocycles. The molecule has 0 spiro atoms. The van der Waals surface area contributed by atoms with Crippen molar-refractivity contribution in [1.82, 2.24) is 14.2 Å². The molecule has 23 heavy (non-hydrogen) atoms. The molecule has 1 aromatic rings. The number of carboxylic acid groups (broad SMARTS) is 1.